The van der Waals surface area contributed by atoms with Crippen molar-refractivity contribution in [3.63, 3.8) is 0 Å². The third kappa shape index (κ3) is 3.56. The molecule has 6 nitrogen and oxygen atoms in total. The van der Waals surface area contributed by atoms with E-state index in [1.807, 2.05) is 12.4 Å². The van der Waals surface area contributed by atoms with Crippen molar-refractivity contribution in [3.05, 3.63) is 36.1 Å². The Morgan fingerprint density at radius 1 is 1.14 bits per heavy atom. The number of nitrogens with zero attached hydrogens (tertiary/aromatic N) is 5. The maximum Gasteiger partial charge on any atom is 0.196 e. The summed E-state index contributed by atoms with van der Waals surface area (Å²) in [5.74, 6) is 2.32. The van der Waals surface area contributed by atoms with Crippen LogP contribution in [0.1, 0.15) is 37.2 Å². The lowest BCUT2D eigenvalue weighted by atomic mass is 10.2. The first-order chi connectivity index (χ1) is 10.6. The Hall–Kier alpha value is -1.66. The van der Waals surface area contributed by atoms with Gasteiger partial charge < -0.3 is 8.98 Å². The Morgan fingerprint density at radius 2 is 1.82 bits per heavy atom. The predicted octanol–water partition coefficient (Wildman–Crippen LogP) is 1.85. The molecule has 1 aliphatic heterocycles. The van der Waals surface area contributed by atoms with E-state index in [0.29, 0.717) is 5.92 Å². The van der Waals surface area contributed by atoms with Gasteiger partial charge in [-0.15, -0.1) is 0 Å². The van der Waals surface area contributed by atoms with Crippen LogP contribution in [0.4, 0.5) is 0 Å². The minimum Gasteiger partial charge on any atom is -0.448 e. The summed E-state index contributed by atoms with van der Waals surface area (Å²) in [4.78, 5) is 13.9. The molecular formula is C16H25N5O. The highest BCUT2D eigenvalue weighted by Crippen LogP contribution is 2.15. The second kappa shape index (κ2) is 6.62. The first-order valence-corrected chi connectivity index (χ1v) is 7.97. The third-order valence-electron chi connectivity index (χ3n) is 4.20. The summed E-state index contributed by atoms with van der Waals surface area (Å²) in [6.07, 6.45) is 5.67. The summed E-state index contributed by atoms with van der Waals surface area (Å²) in [6, 6.07) is 0. The summed E-state index contributed by atoms with van der Waals surface area (Å²) < 4.78 is 7.61. The molecule has 0 saturated carbocycles. The number of imidazole rings is 1. The van der Waals surface area contributed by atoms with Gasteiger partial charge in [-0.3, -0.25) is 9.80 Å². The number of hydrogen-bond acceptors (Lipinski definition) is 5. The van der Waals surface area contributed by atoms with Gasteiger partial charge in [0.2, 0.25) is 0 Å². The molecule has 120 valence electrons. The van der Waals surface area contributed by atoms with Crippen LogP contribution in [0.25, 0.3) is 0 Å². The third-order valence-corrected chi connectivity index (χ3v) is 4.20. The van der Waals surface area contributed by atoms with Crippen molar-refractivity contribution in [2.24, 2.45) is 7.05 Å². The first-order valence-electron chi connectivity index (χ1n) is 7.97. The zero-order valence-corrected chi connectivity index (χ0v) is 13.7. The van der Waals surface area contributed by atoms with Crippen molar-refractivity contribution < 1.29 is 4.42 Å². The Morgan fingerprint density at radius 3 is 2.36 bits per heavy atom. The Labute approximate surface area is 131 Å². The van der Waals surface area contributed by atoms with Crippen LogP contribution >= 0.6 is 0 Å². The van der Waals surface area contributed by atoms with Crippen LogP contribution in [0.2, 0.25) is 0 Å². The topological polar surface area (TPSA) is 50.3 Å². The Balaban J connectivity index is 1.48. The zero-order valence-electron chi connectivity index (χ0n) is 13.7. The van der Waals surface area contributed by atoms with Crippen LogP contribution in [0, 0.1) is 0 Å². The van der Waals surface area contributed by atoms with E-state index in [2.05, 4.69) is 45.2 Å². The summed E-state index contributed by atoms with van der Waals surface area (Å²) in [5, 5.41) is 0. The SMILES string of the molecule is CC(C)c1nc(CN2CCN(Cc3nccn3C)CC2)co1. The fraction of sp³-hybridized carbons (Fsp3) is 0.625. The molecule has 0 spiro atoms. The van der Waals surface area contributed by atoms with Gasteiger partial charge in [-0.1, -0.05) is 13.8 Å². The van der Waals surface area contributed by atoms with Crippen LogP contribution in [0.5, 0.6) is 0 Å². The first kappa shape index (κ1) is 15.2. The largest absolute Gasteiger partial charge is 0.448 e. The molecule has 2 aromatic heterocycles. The van der Waals surface area contributed by atoms with E-state index in [1.165, 1.54) is 0 Å². The number of aromatic nitrogens is 3. The normalized spacial score (nSPS) is 17.5. The summed E-state index contributed by atoms with van der Waals surface area (Å²) in [5.41, 5.74) is 1.04. The molecular weight excluding hydrogens is 278 g/mol. The molecule has 0 unspecified atom stereocenters. The van der Waals surface area contributed by atoms with Gasteiger partial charge in [0.25, 0.3) is 0 Å². The molecule has 1 aliphatic rings. The number of hydrogen-bond donors (Lipinski definition) is 0. The maximum atomic E-state index is 5.51. The van der Waals surface area contributed by atoms with Crippen LogP contribution in [0.15, 0.2) is 23.1 Å². The van der Waals surface area contributed by atoms with Gasteiger partial charge >= 0.3 is 0 Å². The van der Waals surface area contributed by atoms with Crippen molar-refractivity contribution in [2.75, 3.05) is 26.2 Å². The summed E-state index contributed by atoms with van der Waals surface area (Å²) in [6.45, 7) is 10.3. The minimum atomic E-state index is 0.350. The average molecular weight is 303 g/mol. The quantitative estimate of drug-likeness (QED) is 0.844. The molecule has 6 heteroatoms. The minimum absolute atomic E-state index is 0.350. The van der Waals surface area contributed by atoms with Crippen molar-refractivity contribution >= 4 is 0 Å². The molecule has 0 aromatic carbocycles. The molecule has 0 amide bonds. The second-order valence-electron chi connectivity index (χ2n) is 6.34. The molecule has 3 heterocycles. The highest BCUT2D eigenvalue weighted by molar-refractivity contribution is 5.00. The highest BCUT2D eigenvalue weighted by atomic mass is 16.3. The average Bonchev–Trinajstić information content (AvgIpc) is 3.11. The van der Waals surface area contributed by atoms with E-state index in [1.54, 1.807) is 6.26 Å². The van der Waals surface area contributed by atoms with E-state index in [0.717, 1.165) is 56.7 Å². The lowest BCUT2D eigenvalue weighted by molar-refractivity contribution is 0.118. The van der Waals surface area contributed by atoms with E-state index < -0.39 is 0 Å². The summed E-state index contributed by atoms with van der Waals surface area (Å²) in [7, 11) is 2.05. The fourth-order valence-corrected chi connectivity index (χ4v) is 2.74. The van der Waals surface area contributed by atoms with Crippen LogP contribution < -0.4 is 0 Å². The second-order valence-corrected chi connectivity index (χ2v) is 6.34. The number of oxazole rings is 1. The van der Waals surface area contributed by atoms with Crippen LogP contribution in [0.3, 0.4) is 0 Å². The standard InChI is InChI=1S/C16H25N5O/c1-13(2)16-18-14(12-22-16)10-20-6-8-21(9-7-20)11-15-17-4-5-19(15)3/h4-5,12-13H,6-11H2,1-3H3. The van der Waals surface area contributed by atoms with E-state index in [9.17, 15) is 0 Å². The van der Waals surface area contributed by atoms with Crippen LogP contribution in [-0.4, -0.2) is 50.5 Å². The Kier molecular flexibility index (Phi) is 4.59. The molecule has 1 saturated heterocycles. The van der Waals surface area contributed by atoms with Crippen molar-refractivity contribution in [1.29, 1.82) is 0 Å². The van der Waals surface area contributed by atoms with E-state index >= 15 is 0 Å². The van der Waals surface area contributed by atoms with Crippen molar-refractivity contribution in [2.45, 2.75) is 32.9 Å². The maximum absolute atomic E-state index is 5.51. The molecule has 0 radical (unpaired) electrons. The van der Waals surface area contributed by atoms with Gasteiger partial charge in [0.05, 0.1) is 12.2 Å². The lowest BCUT2D eigenvalue weighted by Gasteiger charge is -2.33. The van der Waals surface area contributed by atoms with Gasteiger partial charge in [0, 0.05) is 58.1 Å². The number of piperazine rings is 1. The van der Waals surface area contributed by atoms with E-state index in [4.69, 9.17) is 4.42 Å². The predicted molar refractivity (Wildman–Crippen MR) is 84.4 cm³/mol. The number of rotatable bonds is 5. The fourth-order valence-electron chi connectivity index (χ4n) is 2.74. The van der Waals surface area contributed by atoms with E-state index in [-0.39, 0.29) is 0 Å². The smallest absolute Gasteiger partial charge is 0.196 e. The summed E-state index contributed by atoms with van der Waals surface area (Å²) >= 11 is 0. The van der Waals surface area contributed by atoms with Gasteiger partial charge in [0.1, 0.15) is 12.1 Å². The highest BCUT2D eigenvalue weighted by Gasteiger charge is 2.19. The van der Waals surface area contributed by atoms with Crippen LogP contribution in [-0.2, 0) is 20.1 Å². The lowest BCUT2D eigenvalue weighted by Crippen LogP contribution is -2.45. The van der Waals surface area contributed by atoms with Gasteiger partial charge in [-0.05, 0) is 0 Å². The molecule has 0 N–H and O–H groups in total. The Bertz CT molecular complexity index is 595. The molecule has 2 aromatic rings. The molecule has 0 atom stereocenters. The molecule has 1 fully saturated rings. The van der Waals surface area contributed by atoms with Gasteiger partial charge in [-0.2, -0.15) is 0 Å². The van der Waals surface area contributed by atoms with Crippen molar-refractivity contribution in [3.8, 4) is 0 Å². The molecule has 0 bridgehead atoms. The van der Waals surface area contributed by atoms with Gasteiger partial charge in [-0.25, -0.2) is 9.97 Å². The zero-order chi connectivity index (χ0) is 15.5. The molecule has 22 heavy (non-hydrogen) atoms. The van der Waals surface area contributed by atoms with Gasteiger partial charge in [0.15, 0.2) is 5.89 Å². The molecule has 0 aliphatic carbocycles. The van der Waals surface area contributed by atoms with Crippen molar-refractivity contribution in [1.82, 2.24) is 24.3 Å². The molecule has 3 rings (SSSR count). The number of aryl methyl sites for hydroxylation is 1. The monoisotopic (exact) mass is 303 g/mol.